The molecule has 6 heterocycles. The maximum atomic E-state index is 14.3. The van der Waals surface area contributed by atoms with Gasteiger partial charge < -0.3 is 61.5 Å². The number of aliphatic hydroxyl groups is 3. The van der Waals surface area contributed by atoms with E-state index in [1.54, 1.807) is 40.3 Å². The van der Waals surface area contributed by atoms with Gasteiger partial charge in [0, 0.05) is 23.7 Å². The van der Waals surface area contributed by atoms with Crippen molar-refractivity contribution in [2.45, 2.75) is 144 Å². The van der Waals surface area contributed by atoms with Gasteiger partial charge in [-0.15, -0.1) is 0 Å². The van der Waals surface area contributed by atoms with Gasteiger partial charge in [0.1, 0.15) is 48.7 Å². The van der Waals surface area contributed by atoms with E-state index >= 15 is 0 Å². The molecule has 2 bridgehead atoms. The molecule has 4 aromatic carbocycles. The van der Waals surface area contributed by atoms with Crippen molar-refractivity contribution in [1.82, 2.24) is 40.2 Å². The quantitative estimate of drug-likeness (QED) is 0.0384. The minimum atomic E-state index is -2.53. The summed E-state index contributed by atoms with van der Waals surface area (Å²) in [6.45, 7) is 11.1. The fourth-order valence-electron chi connectivity index (χ4n) is 17.4. The second-order valence-corrected chi connectivity index (χ2v) is 39.9. The molecule has 0 unspecified atom stereocenters. The highest BCUT2D eigenvalue weighted by Gasteiger charge is 2.69. The molecule has 33 heteroatoms. The Morgan fingerprint density at radius 3 is 1.08 bits per heavy atom. The van der Waals surface area contributed by atoms with Crippen LogP contribution in [-0.2, 0) is 50.0 Å². The Morgan fingerprint density at radius 2 is 0.758 bits per heavy atom. The molecular formula is C87H96BCl3N8O20Si. The Morgan fingerprint density at radius 1 is 0.458 bits per heavy atom. The first-order chi connectivity index (χ1) is 57.1. The lowest BCUT2D eigenvalue weighted by Gasteiger charge is -2.51. The zero-order valence-corrected chi connectivity index (χ0v) is 72.0. The molecule has 2 aliphatic heterocycles. The first kappa shape index (κ1) is 88.2. The van der Waals surface area contributed by atoms with Gasteiger partial charge in [-0.25, -0.2) is 0 Å². The lowest BCUT2D eigenvalue weighted by molar-refractivity contribution is -0.137. The van der Waals surface area contributed by atoms with Crippen molar-refractivity contribution in [3.05, 3.63) is 237 Å². The largest absolute Gasteiger partial charge is 0.470 e. The van der Waals surface area contributed by atoms with E-state index in [1.165, 1.54) is 18.2 Å². The van der Waals surface area contributed by atoms with E-state index in [-0.39, 0.29) is 114 Å². The van der Waals surface area contributed by atoms with Crippen LogP contribution in [0.4, 0.5) is 0 Å². The molecule has 0 radical (unpaired) electrons. The fraction of sp³-hybridized carbons (Fsp3) is 0.414. The summed E-state index contributed by atoms with van der Waals surface area (Å²) in [4.78, 5) is 99.7. The lowest BCUT2D eigenvalue weighted by atomic mass is 9.65. The van der Waals surface area contributed by atoms with Gasteiger partial charge >= 0.3 is 4.96 Å². The van der Waals surface area contributed by atoms with E-state index in [2.05, 4.69) is 54.5 Å². The van der Waals surface area contributed by atoms with E-state index in [4.69, 9.17) is 80.6 Å². The SMILES string of the molecule is CN(C)[C@@H]1c2onc(OCc3ccccc3)c2C(=O)[C@@]2(O)C(=O)C=CC[C@@H]12.CN(C)[C@@H]1c2onc(OCc3ccccc3)c2C(=O)[C@@]2(O)C(=O)C=CC[C@@H]12.CN(C)[C@@H]1c2onc(OCc3ccccc3)c2C(=O)[C@@]2(O[Si](C)(C)C(C)(C)C)C(=O)C=CC[C@@H]12.CN(C)[C@@H]1c2onc(OCc3ccccc3)c2C(=O)[C@@]23O[C@@H](C=C2CO)C[C@@H]13.ClB(Cl)Cl. The maximum absolute atomic E-state index is 14.3. The molecule has 120 heavy (non-hydrogen) atoms. The summed E-state index contributed by atoms with van der Waals surface area (Å²) < 4.78 is 58.5. The highest BCUT2D eigenvalue weighted by atomic mass is 35.6. The van der Waals surface area contributed by atoms with Crippen molar-refractivity contribution in [2.75, 3.05) is 63.0 Å². The van der Waals surface area contributed by atoms with Gasteiger partial charge in [0.2, 0.25) is 23.1 Å². The van der Waals surface area contributed by atoms with Crippen molar-refractivity contribution < 1.29 is 95.1 Å². The van der Waals surface area contributed by atoms with E-state index in [9.17, 15) is 48.9 Å². The molecule has 0 amide bonds. The number of carbonyl (C=O) groups excluding carboxylic acids is 7. The number of allylic oxidation sites excluding steroid dienone is 3. The molecular weight excluding hydrogens is 1620 g/mol. The number of benzene rings is 4. The monoisotopic (exact) mass is 1720 g/mol. The van der Waals surface area contributed by atoms with Gasteiger partial charge in [0.15, 0.2) is 71.1 Å². The molecule has 8 aromatic rings. The van der Waals surface area contributed by atoms with Crippen LogP contribution in [0.1, 0.15) is 157 Å². The molecule has 1 fully saturated rings. The summed E-state index contributed by atoms with van der Waals surface area (Å²) in [6, 6.07) is 36.7. The normalized spacial score (nSPS) is 26.4. The summed E-state index contributed by atoms with van der Waals surface area (Å²) in [7, 11) is 12.4. The van der Waals surface area contributed by atoms with Crippen LogP contribution in [0.15, 0.2) is 188 Å². The summed E-state index contributed by atoms with van der Waals surface area (Å²) in [5.74, 6) is -3.55. The summed E-state index contributed by atoms with van der Waals surface area (Å²) in [5.41, 5.74) is -2.07. The van der Waals surface area contributed by atoms with Crippen molar-refractivity contribution in [3.63, 3.8) is 0 Å². The van der Waals surface area contributed by atoms with E-state index in [0.29, 0.717) is 59.9 Å². The highest BCUT2D eigenvalue weighted by Crippen LogP contribution is 2.60. The average molecular weight is 1720 g/mol. The van der Waals surface area contributed by atoms with Crippen LogP contribution in [-0.4, -0.2) is 201 Å². The number of fused-ring (bicyclic) bond motifs is 8. The predicted molar refractivity (Wildman–Crippen MR) is 444 cm³/mol. The molecule has 0 saturated carbocycles. The number of hydrogen-bond donors (Lipinski definition) is 3. The van der Waals surface area contributed by atoms with Gasteiger partial charge in [0.25, 0.3) is 23.5 Å². The standard InChI is InChI=1S/C26H34N2O5Si.C21H22N2O5.2C20H20N2O5.BCl3/c1-25(2,3)34(6,7)33-26-18(14-11-15-19(26)29)21(28(4)5)22-20(23(26)30)24(27-32-22)31-16-17-12-9-8-10-13-17;1-23(2)17-15-9-14-8-13(10-24)21(15,27-14)19(25)16-18(17)28-22-20(16)26-11-12-6-4-3-5-7-12;2*1-22(2)16-13-9-6-10-14(23)20(13,25)18(24)15-17(16)27-21-19(15)26-11-12-7-4-3-5-8-12;2-1(3)4/h8-13,15,18,21H,14,16H2,1-7H3;3-8,14-15,17,24H,9-11H2,1-2H3;2*3-8,10,13,16,25H,9,11H2,1-2H3;/t18-,21-,26-;14-,15-,17-,21+;2*13-,16-,20-;/m0000./s1. The number of halogens is 3. The van der Waals surface area contributed by atoms with Crippen molar-refractivity contribution >= 4 is 88.1 Å². The fourth-order valence-corrected chi connectivity index (χ4v) is 18.9. The molecule has 9 aliphatic rings. The van der Waals surface area contributed by atoms with Gasteiger partial charge in [0.05, 0.1) is 36.9 Å². The maximum Gasteiger partial charge on any atom is 0.450 e. The Bertz CT molecular complexity index is 5110. The third-order valence-electron chi connectivity index (χ3n) is 24.0. The number of Topliss-reactive ketones (excluding diaryl/α,β-unsaturated/α-hetero) is 4. The summed E-state index contributed by atoms with van der Waals surface area (Å²) in [5, 5.41) is 48.0. The number of carbonyl (C=O) groups is 7. The smallest absolute Gasteiger partial charge is 0.450 e. The molecule has 3 N–H and O–H groups in total. The van der Waals surface area contributed by atoms with E-state index in [1.807, 2.05) is 181 Å². The zero-order valence-electron chi connectivity index (χ0n) is 68.7. The molecule has 7 aliphatic carbocycles. The van der Waals surface area contributed by atoms with E-state index in [0.717, 1.165) is 22.3 Å². The van der Waals surface area contributed by atoms with Crippen LogP contribution >= 0.6 is 34.4 Å². The van der Waals surface area contributed by atoms with Gasteiger partial charge in [-0.05, 0) is 167 Å². The Balaban J connectivity index is 0.000000137. The molecule has 28 nitrogen and oxygen atoms in total. The third-order valence-corrected chi connectivity index (χ3v) is 28.5. The average Bonchev–Trinajstić information content (AvgIpc) is 1.51. The highest BCUT2D eigenvalue weighted by molar-refractivity contribution is 7.54. The molecule has 1 saturated heterocycles. The van der Waals surface area contributed by atoms with Gasteiger partial charge in [-0.2, -0.15) is 34.4 Å². The van der Waals surface area contributed by atoms with Crippen LogP contribution < -0.4 is 18.9 Å². The number of aliphatic hydroxyl groups excluding tert-OH is 1. The number of aromatic nitrogens is 4. The molecule has 632 valence electrons. The minimum absolute atomic E-state index is 0.0000638. The third kappa shape index (κ3) is 16.1. The van der Waals surface area contributed by atoms with E-state index < -0.39 is 94.4 Å². The van der Waals surface area contributed by atoms with Crippen LogP contribution in [0.25, 0.3) is 0 Å². The number of hydrogen-bond acceptors (Lipinski definition) is 28. The summed E-state index contributed by atoms with van der Waals surface area (Å²) >= 11 is 14.4. The second kappa shape index (κ2) is 35.4. The predicted octanol–water partition coefficient (Wildman–Crippen LogP) is 12.6. The van der Waals surface area contributed by atoms with Crippen LogP contribution in [0.2, 0.25) is 18.1 Å². The number of ether oxygens (including phenoxy) is 5. The molecule has 17 rings (SSSR count). The molecule has 4 aromatic heterocycles. The Hall–Kier alpha value is -9.64. The van der Waals surface area contributed by atoms with Crippen molar-refractivity contribution in [2.24, 2.45) is 23.7 Å². The Kier molecular flexibility index (Phi) is 26.0. The first-order valence-corrected chi connectivity index (χ1v) is 43.5. The molecule has 13 atom stereocenters. The molecule has 1 spiro atoms. The topological polar surface area (TPSA) is 353 Å². The van der Waals surface area contributed by atoms with Crippen LogP contribution in [0.5, 0.6) is 23.5 Å². The first-order valence-electron chi connectivity index (χ1n) is 39.3. The zero-order chi connectivity index (χ0) is 86.3. The number of rotatable bonds is 19. The van der Waals surface area contributed by atoms with Crippen LogP contribution in [0, 0.1) is 23.7 Å². The minimum Gasteiger partial charge on any atom is -0.470 e. The Labute approximate surface area is 710 Å². The van der Waals surface area contributed by atoms with Gasteiger partial charge in [-0.1, -0.05) is 166 Å². The van der Waals surface area contributed by atoms with Crippen LogP contribution in [0.3, 0.4) is 0 Å². The number of ketones is 7. The summed E-state index contributed by atoms with van der Waals surface area (Å²) in [6.07, 6.45) is 12.9. The lowest BCUT2D eigenvalue weighted by Crippen LogP contribution is -2.65. The van der Waals surface area contributed by atoms with Gasteiger partial charge in [-0.3, -0.25) is 53.2 Å². The van der Waals surface area contributed by atoms with Crippen molar-refractivity contribution in [1.29, 1.82) is 0 Å². The van der Waals surface area contributed by atoms with Crippen molar-refractivity contribution in [3.8, 4) is 23.5 Å². The number of nitrogens with zero attached hydrogens (tertiary/aromatic N) is 8. The second-order valence-electron chi connectivity index (χ2n) is 33.2.